The molecule has 0 N–H and O–H groups in total. The van der Waals surface area contributed by atoms with E-state index >= 15 is 0 Å². The van der Waals surface area contributed by atoms with Gasteiger partial charge in [0.1, 0.15) is 0 Å². The minimum atomic E-state index is -0.254. The average Bonchev–Trinajstić information content (AvgIpc) is 3.27. The quantitative estimate of drug-likeness (QED) is 0.804. The van der Waals surface area contributed by atoms with Gasteiger partial charge in [0.2, 0.25) is 0 Å². The summed E-state index contributed by atoms with van der Waals surface area (Å²) >= 11 is 0. The Hall–Kier alpha value is -2.17. The summed E-state index contributed by atoms with van der Waals surface area (Å²) in [6, 6.07) is 17.2. The summed E-state index contributed by atoms with van der Waals surface area (Å²) in [6.07, 6.45) is 1.21. The van der Waals surface area contributed by atoms with Crippen LogP contribution in [0.4, 0.5) is 0 Å². The number of likely N-dealkylation sites (tertiary alicyclic amines) is 1. The number of carbonyl (C=O) groups excluding carboxylic acids is 1. The maximum Gasteiger partial charge on any atom is 0.337 e. The fourth-order valence-corrected chi connectivity index (χ4v) is 4.02. The van der Waals surface area contributed by atoms with Crippen LogP contribution in [0.2, 0.25) is 0 Å². The van der Waals surface area contributed by atoms with Gasteiger partial charge in [-0.25, -0.2) is 4.79 Å². The highest BCUT2D eigenvalue weighted by molar-refractivity contribution is 5.89. The van der Waals surface area contributed by atoms with Crippen molar-refractivity contribution in [3.8, 4) is 0 Å². The zero-order valence-corrected chi connectivity index (χ0v) is 14.6. The van der Waals surface area contributed by atoms with Gasteiger partial charge in [0.25, 0.3) is 0 Å². The third-order valence-electron chi connectivity index (χ3n) is 5.39. The van der Waals surface area contributed by atoms with Crippen LogP contribution in [0.1, 0.15) is 33.5 Å². The number of esters is 1. The van der Waals surface area contributed by atoms with Crippen LogP contribution in [0.5, 0.6) is 0 Å². The van der Waals surface area contributed by atoms with Crippen molar-refractivity contribution in [1.82, 2.24) is 9.80 Å². The Morgan fingerprint density at radius 3 is 2.72 bits per heavy atom. The number of benzene rings is 2. The molecular formula is C21H24N2O2. The smallest absolute Gasteiger partial charge is 0.337 e. The largest absolute Gasteiger partial charge is 0.465 e. The van der Waals surface area contributed by atoms with Crippen molar-refractivity contribution in [2.24, 2.45) is 0 Å². The lowest BCUT2D eigenvalue weighted by atomic mass is 10.1. The summed E-state index contributed by atoms with van der Waals surface area (Å²) < 4.78 is 4.83. The van der Waals surface area contributed by atoms with Crippen molar-refractivity contribution < 1.29 is 9.53 Å². The first-order valence-electron chi connectivity index (χ1n) is 8.93. The van der Waals surface area contributed by atoms with Crippen molar-refractivity contribution in [3.63, 3.8) is 0 Å². The van der Waals surface area contributed by atoms with E-state index in [0.29, 0.717) is 11.6 Å². The second kappa shape index (κ2) is 6.98. The SMILES string of the molecule is COC(=O)c1ccc2c(c1)CN([C@@H]1CCN(Cc3ccccc3)C1)C2. The van der Waals surface area contributed by atoms with Crippen LogP contribution in [-0.2, 0) is 24.4 Å². The van der Waals surface area contributed by atoms with Crippen LogP contribution in [0, 0.1) is 0 Å². The Kier molecular flexibility index (Phi) is 4.55. The van der Waals surface area contributed by atoms with Gasteiger partial charge in [-0.1, -0.05) is 36.4 Å². The molecule has 0 radical (unpaired) electrons. The summed E-state index contributed by atoms with van der Waals surface area (Å²) in [5.74, 6) is -0.254. The minimum Gasteiger partial charge on any atom is -0.465 e. The van der Waals surface area contributed by atoms with E-state index in [0.717, 1.165) is 32.7 Å². The van der Waals surface area contributed by atoms with Crippen LogP contribution < -0.4 is 0 Å². The zero-order valence-electron chi connectivity index (χ0n) is 14.6. The maximum absolute atomic E-state index is 11.7. The van der Waals surface area contributed by atoms with Gasteiger partial charge < -0.3 is 4.74 Å². The molecule has 0 aromatic heterocycles. The van der Waals surface area contributed by atoms with Crippen LogP contribution in [0.15, 0.2) is 48.5 Å². The van der Waals surface area contributed by atoms with Crippen LogP contribution in [-0.4, -0.2) is 42.0 Å². The number of hydrogen-bond donors (Lipinski definition) is 0. The van der Waals surface area contributed by atoms with Gasteiger partial charge in [0, 0.05) is 38.8 Å². The van der Waals surface area contributed by atoms with Crippen LogP contribution >= 0.6 is 0 Å². The lowest BCUT2D eigenvalue weighted by molar-refractivity contribution is 0.0600. The molecule has 1 saturated heterocycles. The second-order valence-corrected chi connectivity index (χ2v) is 7.04. The van der Waals surface area contributed by atoms with Gasteiger partial charge in [0.15, 0.2) is 0 Å². The molecule has 2 aliphatic rings. The lowest BCUT2D eigenvalue weighted by Crippen LogP contribution is -2.33. The monoisotopic (exact) mass is 336 g/mol. The molecule has 25 heavy (non-hydrogen) atoms. The molecule has 0 aliphatic carbocycles. The molecule has 0 saturated carbocycles. The predicted octanol–water partition coefficient (Wildman–Crippen LogP) is 3.06. The number of hydrogen-bond acceptors (Lipinski definition) is 4. The Morgan fingerprint density at radius 2 is 1.92 bits per heavy atom. The highest BCUT2D eigenvalue weighted by Gasteiger charge is 2.31. The van der Waals surface area contributed by atoms with E-state index < -0.39 is 0 Å². The molecule has 1 fully saturated rings. The Bertz CT molecular complexity index is 760. The number of methoxy groups -OCH3 is 1. The number of rotatable bonds is 4. The van der Waals surface area contributed by atoms with E-state index in [1.165, 1.54) is 30.2 Å². The fraction of sp³-hybridized carbons (Fsp3) is 0.381. The molecule has 2 heterocycles. The van der Waals surface area contributed by atoms with Crippen molar-refractivity contribution in [1.29, 1.82) is 0 Å². The average molecular weight is 336 g/mol. The highest BCUT2D eigenvalue weighted by Crippen LogP contribution is 2.29. The molecule has 1 atom stereocenters. The number of nitrogens with zero attached hydrogens (tertiary/aromatic N) is 2. The first-order chi connectivity index (χ1) is 12.2. The first kappa shape index (κ1) is 16.3. The molecule has 130 valence electrons. The van der Waals surface area contributed by atoms with Gasteiger partial charge in [-0.05, 0) is 35.2 Å². The first-order valence-corrected chi connectivity index (χ1v) is 8.93. The maximum atomic E-state index is 11.7. The third-order valence-corrected chi connectivity index (χ3v) is 5.39. The molecule has 2 aliphatic heterocycles. The Balaban J connectivity index is 1.38. The van der Waals surface area contributed by atoms with E-state index in [9.17, 15) is 4.79 Å². The van der Waals surface area contributed by atoms with Gasteiger partial charge in [-0.3, -0.25) is 9.80 Å². The molecule has 0 amide bonds. The molecule has 2 aromatic carbocycles. The lowest BCUT2D eigenvalue weighted by Gasteiger charge is -2.24. The minimum absolute atomic E-state index is 0.254. The number of carbonyl (C=O) groups is 1. The summed E-state index contributed by atoms with van der Waals surface area (Å²) in [5, 5.41) is 0. The fourth-order valence-electron chi connectivity index (χ4n) is 4.02. The standard InChI is InChI=1S/C21H24N2O2/c1-25-21(24)17-7-8-18-13-23(14-19(18)11-17)20-9-10-22(15-20)12-16-5-3-2-4-6-16/h2-8,11,20H,9-10,12-15H2,1H3/t20-/m1/s1. The van der Waals surface area contributed by atoms with Gasteiger partial charge in [-0.15, -0.1) is 0 Å². The zero-order chi connectivity index (χ0) is 17.2. The van der Waals surface area contributed by atoms with E-state index in [4.69, 9.17) is 4.74 Å². The van der Waals surface area contributed by atoms with Gasteiger partial charge >= 0.3 is 5.97 Å². The summed E-state index contributed by atoms with van der Waals surface area (Å²) in [6.45, 7) is 5.22. The van der Waals surface area contributed by atoms with E-state index in [1.54, 1.807) is 0 Å². The van der Waals surface area contributed by atoms with Crippen LogP contribution in [0.25, 0.3) is 0 Å². The van der Waals surface area contributed by atoms with Crippen molar-refractivity contribution in [2.75, 3.05) is 20.2 Å². The molecule has 0 spiro atoms. The highest BCUT2D eigenvalue weighted by atomic mass is 16.5. The molecular weight excluding hydrogens is 312 g/mol. The number of fused-ring (bicyclic) bond motifs is 1. The molecule has 0 unspecified atom stereocenters. The Labute approximate surface area is 149 Å². The summed E-state index contributed by atoms with van der Waals surface area (Å²) in [5.41, 5.74) is 4.65. The van der Waals surface area contributed by atoms with Gasteiger partial charge in [-0.2, -0.15) is 0 Å². The van der Waals surface area contributed by atoms with Crippen molar-refractivity contribution >= 4 is 5.97 Å². The molecule has 0 bridgehead atoms. The number of ether oxygens (including phenoxy) is 1. The van der Waals surface area contributed by atoms with Crippen LogP contribution in [0.3, 0.4) is 0 Å². The van der Waals surface area contributed by atoms with E-state index in [-0.39, 0.29) is 5.97 Å². The van der Waals surface area contributed by atoms with Crippen molar-refractivity contribution in [2.45, 2.75) is 32.1 Å². The third kappa shape index (κ3) is 3.46. The second-order valence-electron chi connectivity index (χ2n) is 7.04. The topological polar surface area (TPSA) is 32.8 Å². The normalized spacial score (nSPS) is 20.6. The molecule has 4 nitrogen and oxygen atoms in total. The van der Waals surface area contributed by atoms with E-state index in [2.05, 4.69) is 46.2 Å². The Morgan fingerprint density at radius 1 is 1.12 bits per heavy atom. The van der Waals surface area contributed by atoms with E-state index in [1.807, 2.05) is 12.1 Å². The summed E-state index contributed by atoms with van der Waals surface area (Å²) in [7, 11) is 1.43. The summed E-state index contributed by atoms with van der Waals surface area (Å²) in [4.78, 5) is 16.8. The molecule has 4 heteroatoms. The van der Waals surface area contributed by atoms with Gasteiger partial charge in [0.05, 0.1) is 12.7 Å². The van der Waals surface area contributed by atoms with Crippen molar-refractivity contribution in [3.05, 3.63) is 70.8 Å². The molecule has 2 aromatic rings. The predicted molar refractivity (Wildman–Crippen MR) is 97.2 cm³/mol. The molecule has 4 rings (SSSR count).